The Hall–Kier alpha value is -1.07. The molecule has 0 saturated heterocycles. The number of hydrogen-bond acceptors (Lipinski definition) is 3. The molecule has 5 heteroatoms. The van der Waals surface area contributed by atoms with Crippen LogP contribution in [-0.2, 0) is 23.0 Å². The molecule has 1 N–H and O–H groups in total. The third-order valence-corrected chi connectivity index (χ3v) is 2.57. The van der Waals surface area contributed by atoms with Gasteiger partial charge in [0.1, 0.15) is 5.75 Å². The monoisotopic (exact) mass is 258 g/mol. The van der Waals surface area contributed by atoms with E-state index in [0.717, 1.165) is 5.75 Å². The lowest BCUT2D eigenvalue weighted by Gasteiger charge is -2.17. The second kappa shape index (κ2) is 6.02. The van der Waals surface area contributed by atoms with E-state index in [1.807, 2.05) is 0 Å². The van der Waals surface area contributed by atoms with E-state index in [4.69, 9.17) is 9.29 Å². The Bertz CT molecular complexity index is 443. The predicted octanol–water partition coefficient (Wildman–Crippen LogP) is 2.08. The molecule has 1 aromatic rings. The minimum Gasteiger partial charge on any atom is -0.496 e. The smallest absolute Gasteiger partial charge is 0.261 e. The molecule has 4 nitrogen and oxygen atoms in total. The molecule has 1 aromatic carbocycles. The highest BCUT2D eigenvalue weighted by molar-refractivity contribution is 7.85. The minimum atomic E-state index is -3.67. The van der Waals surface area contributed by atoms with E-state index in [1.165, 1.54) is 36.8 Å². The quantitative estimate of drug-likeness (QED) is 0.783. The molecule has 0 unspecified atom stereocenters. The summed E-state index contributed by atoms with van der Waals surface area (Å²) in [5.74, 6) is 1.08. The van der Waals surface area contributed by atoms with E-state index in [0.29, 0.717) is 6.26 Å². The lowest BCUT2D eigenvalue weighted by Crippen LogP contribution is -2.04. The second-order valence-corrected chi connectivity index (χ2v) is 5.50. The molecule has 17 heavy (non-hydrogen) atoms. The van der Waals surface area contributed by atoms with Crippen molar-refractivity contribution < 1.29 is 17.7 Å². The Kier molecular flexibility index (Phi) is 4.96. The van der Waals surface area contributed by atoms with Gasteiger partial charge < -0.3 is 4.74 Å². The second-order valence-electron chi connectivity index (χ2n) is 4.04. The summed E-state index contributed by atoms with van der Waals surface area (Å²) in [5, 5.41) is 0. The van der Waals surface area contributed by atoms with Gasteiger partial charge >= 0.3 is 0 Å². The van der Waals surface area contributed by atoms with Crippen LogP contribution in [0.2, 0.25) is 0 Å². The van der Waals surface area contributed by atoms with Crippen molar-refractivity contribution in [3.63, 3.8) is 0 Å². The van der Waals surface area contributed by atoms with Crippen molar-refractivity contribution in [2.45, 2.75) is 25.7 Å². The summed E-state index contributed by atoms with van der Waals surface area (Å²) in [6.45, 7) is 0. The first kappa shape index (κ1) is 14.0. The van der Waals surface area contributed by atoms with Gasteiger partial charge in [0.2, 0.25) is 0 Å². The van der Waals surface area contributed by atoms with Gasteiger partial charge in [-0.2, -0.15) is 8.42 Å². The Morgan fingerprint density at radius 1 is 1.24 bits per heavy atom. The van der Waals surface area contributed by atoms with Gasteiger partial charge in [-0.25, -0.2) is 0 Å². The van der Waals surface area contributed by atoms with Gasteiger partial charge in [0.05, 0.1) is 13.4 Å². The van der Waals surface area contributed by atoms with E-state index in [1.54, 1.807) is 7.11 Å². The fourth-order valence-corrected chi connectivity index (χ4v) is 1.94. The Morgan fingerprint density at radius 2 is 1.82 bits per heavy atom. The van der Waals surface area contributed by atoms with Crippen LogP contribution in [0.25, 0.3) is 0 Å². The molecular formula is C12H18O4S. The van der Waals surface area contributed by atoms with Crippen LogP contribution < -0.4 is 4.74 Å². The Morgan fingerprint density at radius 3 is 2.41 bits per heavy atom. The van der Waals surface area contributed by atoms with E-state index in [-0.39, 0.29) is 0 Å². The lowest BCUT2D eigenvalue weighted by molar-refractivity contribution is 0.406. The summed E-state index contributed by atoms with van der Waals surface area (Å²) in [4.78, 5) is 0. The summed E-state index contributed by atoms with van der Waals surface area (Å²) >= 11 is 0. The van der Waals surface area contributed by atoms with Crippen molar-refractivity contribution in [3.8, 4) is 5.75 Å². The van der Waals surface area contributed by atoms with Gasteiger partial charge in [0.25, 0.3) is 10.1 Å². The first-order valence-corrected chi connectivity index (χ1v) is 7.34. The third-order valence-electron chi connectivity index (χ3n) is 2.57. The van der Waals surface area contributed by atoms with Crippen molar-refractivity contribution >= 4 is 10.1 Å². The molecule has 0 radical (unpaired) electrons. The van der Waals surface area contributed by atoms with Crippen LogP contribution in [0.4, 0.5) is 0 Å². The lowest BCUT2D eigenvalue weighted by atomic mass is 9.91. The average Bonchev–Trinajstić information content (AvgIpc) is 2.26. The molecule has 0 saturated carbocycles. The molecule has 1 aliphatic rings. The molecule has 0 amide bonds. The van der Waals surface area contributed by atoms with Crippen LogP contribution in [0.1, 0.15) is 24.0 Å². The van der Waals surface area contributed by atoms with E-state index in [2.05, 4.69) is 18.2 Å². The normalized spacial score (nSPS) is 14.3. The van der Waals surface area contributed by atoms with Crippen molar-refractivity contribution in [1.82, 2.24) is 0 Å². The van der Waals surface area contributed by atoms with Gasteiger partial charge in [-0.1, -0.05) is 12.1 Å². The molecule has 96 valence electrons. The fraction of sp³-hybridized carbons (Fsp3) is 0.500. The zero-order valence-electron chi connectivity index (χ0n) is 10.1. The van der Waals surface area contributed by atoms with Crippen LogP contribution in [0.5, 0.6) is 5.75 Å². The summed E-state index contributed by atoms with van der Waals surface area (Å²) in [6, 6.07) is 6.37. The van der Waals surface area contributed by atoms with Gasteiger partial charge in [-0.15, -0.1) is 0 Å². The molecule has 0 spiro atoms. The summed E-state index contributed by atoms with van der Waals surface area (Å²) in [7, 11) is -1.91. The fourth-order valence-electron chi connectivity index (χ4n) is 1.94. The van der Waals surface area contributed by atoms with Crippen molar-refractivity contribution in [3.05, 3.63) is 29.3 Å². The number of ether oxygens (including phenoxy) is 1. The van der Waals surface area contributed by atoms with Crippen LogP contribution in [0, 0.1) is 0 Å². The highest BCUT2D eigenvalue weighted by Gasteiger charge is 2.12. The molecule has 0 aromatic heterocycles. The number of fused-ring (bicyclic) bond motifs is 1. The number of benzene rings is 1. The molecule has 0 fully saturated rings. The maximum atomic E-state index is 9.19. The number of aryl methyl sites for hydroxylation is 1. The zero-order valence-corrected chi connectivity index (χ0v) is 11.0. The first-order valence-electron chi connectivity index (χ1n) is 5.49. The molecular weight excluding hydrogens is 240 g/mol. The Balaban J connectivity index is 0.000000249. The van der Waals surface area contributed by atoms with Gasteiger partial charge in [0, 0.05) is 0 Å². The topological polar surface area (TPSA) is 63.6 Å². The minimum absolute atomic E-state index is 0.715. The SMILES string of the molecule is COc1cccc2c1CCCC2.CS(=O)(=O)O. The highest BCUT2D eigenvalue weighted by atomic mass is 32.2. The highest BCUT2D eigenvalue weighted by Crippen LogP contribution is 2.28. The molecule has 0 bridgehead atoms. The van der Waals surface area contributed by atoms with Gasteiger partial charge in [-0.3, -0.25) is 4.55 Å². The largest absolute Gasteiger partial charge is 0.496 e. The standard InChI is InChI=1S/C11H14O.CH4O3S/c1-12-11-8-4-6-9-5-2-3-7-10(9)11;1-5(2,3)4/h4,6,8H,2-3,5,7H2,1H3;1H3,(H,2,3,4). The van der Waals surface area contributed by atoms with Crippen molar-refractivity contribution in [1.29, 1.82) is 0 Å². The molecule has 0 aliphatic heterocycles. The number of methoxy groups -OCH3 is 1. The van der Waals surface area contributed by atoms with E-state index < -0.39 is 10.1 Å². The van der Waals surface area contributed by atoms with Gasteiger partial charge in [0.15, 0.2) is 0 Å². The predicted molar refractivity (Wildman–Crippen MR) is 67.1 cm³/mol. The van der Waals surface area contributed by atoms with Crippen molar-refractivity contribution in [2.75, 3.05) is 13.4 Å². The summed E-state index contributed by atoms with van der Waals surface area (Å²) in [5.41, 5.74) is 2.92. The average molecular weight is 258 g/mol. The van der Waals surface area contributed by atoms with Crippen LogP contribution >= 0.6 is 0 Å². The number of rotatable bonds is 1. The number of hydrogen-bond donors (Lipinski definition) is 1. The first-order chi connectivity index (χ1) is 7.92. The van der Waals surface area contributed by atoms with E-state index in [9.17, 15) is 8.42 Å². The molecule has 2 rings (SSSR count). The maximum absolute atomic E-state index is 9.19. The maximum Gasteiger partial charge on any atom is 0.261 e. The van der Waals surface area contributed by atoms with Crippen LogP contribution in [0.3, 0.4) is 0 Å². The van der Waals surface area contributed by atoms with E-state index >= 15 is 0 Å². The molecule has 0 atom stereocenters. The molecule has 1 aliphatic carbocycles. The summed E-state index contributed by atoms with van der Waals surface area (Å²) in [6.07, 6.45) is 5.78. The van der Waals surface area contributed by atoms with Gasteiger partial charge in [-0.05, 0) is 42.9 Å². The van der Waals surface area contributed by atoms with Crippen LogP contribution in [0.15, 0.2) is 18.2 Å². The summed E-state index contributed by atoms with van der Waals surface area (Å²) < 4.78 is 31.2. The molecule has 0 heterocycles. The van der Waals surface area contributed by atoms with Crippen molar-refractivity contribution in [2.24, 2.45) is 0 Å². The third kappa shape index (κ3) is 5.19. The Labute approximate surface area is 102 Å². The van der Waals surface area contributed by atoms with Crippen LogP contribution in [-0.4, -0.2) is 26.3 Å². The zero-order chi connectivity index (χ0) is 12.9.